The first-order valence-corrected chi connectivity index (χ1v) is 7.69. The summed E-state index contributed by atoms with van der Waals surface area (Å²) < 4.78 is 0. The van der Waals surface area contributed by atoms with Gasteiger partial charge in [-0.25, -0.2) is 9.78 Å². The molecule has 0 aliphatic carbocycles. The first-order valence-electron chi connectivity index (χ1n) is 7.69. The topological polar surface area (TPSA) is 82.5 Å². The molecular formula is C19H18N2O3. The molecule has 0 aliphatic heterocycles. The molecule has 122 valence electrons. The Labute approximate surface area is 139 Å². The molecule has 5 nitrogen and oxygen atoms in total. The molecule has 3 aromatic rings. The average molecular weight is 322 g/mol. The van der Waals surface area contributed by atoms with E-state index in [1.54, 1.807) is 0 Å². The van der Waals surface area contributed by atoms with E-state index in [0.29, 0.717) is 16.9 Å². The van der Waals surface area contributed by atoms with Gasteiger partial charge in [-0.1, -0.05) is 42.0 Å². The maximum absolute atomic E-state index is 12.0. The van der Waals surface area contributed by atoms with E-state index in [2.05, 4.69) is 10.3 Å². The number of nitrogens with one attached hydrogen (secondary N) is 1. The van der Waals surface area contributed by atoms with Crippen molar-refractivity contribution in [2.45, 2.75) is 6.92 Å². The normalized spacial score (nSPS) is 10.8. The molecule has 3 rings (SSSR count). The number of carboxylic acid groups (broad SMARTS) is 1. The number of hydrogen-bond donors (Lipinski definition) is 3. The summed E-state index contributed by atoms with van der Waals surface area (Å²) in [6, 6.07) is 15.0. The Hall–Kier alpha value is -2.92. The number of carboxylic acids is 1. The van der Waals surface area contributed by atoms with Gasteiger partial charge in [0.05, 0.1) is 23.5 Å². The van der Waals surface area contributed by atoms with Gasteiger partial charge >= 0.3 is 5.97 Å². The zero-order valence-corrected chi connectivity index (χ0v) is 13.3. The monoisotopic (exact) mass is 322 g/mol. The van der Waals surface area contributed by atoms with Gasteiger partial charge in [-0.3, -0.25) is 0 Å². The van der Waals surface area contributed by atoms with Crippen LogP contribution < -0.4 is 5.32 Å². The predicted octanol–water partition coefficient (Wildman–Crippen LogP) is 3.31. The zero-order chi connectivity index (χ0) is 17.1. The Bertz CT molecular complexity index is 892. The first kappa shape index (κ1) is 16.0. The maximum atomic E-state index is 12.0. The van der Waals surface area contributed by atoms with Gasteiger partial charge in [0.2, 0.25) is 0 Å². The summed E-state index contributed by atoms with van der Waals surface area (Å²) in [4.78, 5) is 16.6. The molecule has 0 bridgehead atoms. The molecule has 0 saturated carbocycles. The van der Waals surface area contributed by atoms with E-state index in [1.165, 1.54) is 0 Å². The van der Waals surface area contributed by atoms with Gasteiger partial charge in [-0.2, -0.15) is 0 Å². The van der Waals surface area contributed by atoms with Crippen molar-refractivity contribution in [2.75, 3.05) is 18.5 Å². The molecule has 1 aromatic heterocycles. The molecule has 1 heterocycles. The summed E-state index contributed by atoms with van der Waals surface area (Å²) in [7, 11) is 0. The van der Waals surface area contributed by atoms with Crippen LogP contribution in [0.15, 0.2) is 48.5 Å². The van der Waals surface area contributed by atoms with Crippen LogP contribution in [0.3, 0.4) is 0 Å². The number of anilines is 1. The van der Waals surface area contributed by atoms with Crippen molar-refractivity contribution in [3.05, 3.63) is 59.7 Å². The fourth-order valence-corrected chi connectivity index (χ4v) is 2.75. The van der Waals surface area contributed by atoms with Gasteiger partial charge in [-0.05, 0) is 19.1 Å². The van der Waals surface area contributed by atoms with Crippen LogP contribution in [0, 0.1) is 6.92 Å². The van der Waals surface area contributed by atoms with Crippen molar-refractivity contribution >= 4 is 22.6 Å². The standard InChI is InChI=1S/C19H18N2O3/c1-12-7-8-15-14(11-12)18(20-9-10-22)16(19(23)24)17(21-15)13-5-3-2-4-6-13/h2-8,11,22H,9-10H2,1H3,(H,20,21)(H,23,24). The molecule has 2 aromatic carbocycles. The highest BCUT2D eigenvalue weighted by atomic mass is 16.4. The van der Waals surface area contributed by atoms with Crippen LogP contribution in [0.4, 0.5) is 5.69 Å². The number of aryl methyl sites for hydroxylation is 1. The quantitative estimate of drug-likeness (QED) is 0.671. The molecule has 0 atom stereocenters. The van der Waals surface area contributed by atoms with Crippen molar-refractivity contribution in [1.82, 2.24) is 4.98 Å². The zero-order valence-electron chi connectivity index (χ0n) is 13.3. The summed E-state index contributed by atoms with van der Waals surface area (Å²) in [5.74, 6) is -1.05. The van der Waals surface area contributed by atoms with Crippen molar-refractivity contribution in [3.8, 4) is 11.3 Å². The number of aromatic nitrogens is 1. The minimum absolute atomic E-state index is 0.0879. The van der Waals surface area contributed by atoms with E-state index in [9.17, 15) is 9.90 Å². The number of aromatic carboxylic acids is 1. The molecule has 0 radical (unpaired) electrons. The van der Waals surface area contributed by atoms with E-state index < -0.39 is 5.97 Å². The molecule has 0 fully saturated rings. The summed E-state index contributed by atoms with van der Waals surface area (Å²) in [5.41, 5.74) is 3.49. The number of nitrogens with zero attached hydrogens (tertiary/aromatic N) is 1. The van der Waals surface area contributed by atoms with Crippen LogP contribution in [0.25, 0.3) is 22.2 Å². The third kappa shape index (κ3) is 2.94. The minimum atomic E-state index is -1.05. The second-order valence-electron chi connectivity index (χ2n) is 5.55. The number of carbonyl (C=O) groups is 1. The number of hydrogen-bond acceptors (Lipinski definition) is 4. The highest BCUT2D eigenvalue weighted by molar-refractivity contribution is 6.09. The van der Waals surface area contributed by atoms with E-state index in [-0.39, 0.29) is 18.7 Å². The number of aliphatic hydroxyl groups excluding tert-OH is 1. The second kappa shape index (κ2) is 6.68. The molecule has 24 heavy (non-hydrogen) atoms. The molecule has 0 aliphatic rings. The maximum Gasteiger partial charge on any atom is 0.340 e. The van der Waals surface area contributed by atoms with E-state index in [0.717, 1.165) is 16.5 Å². The predicted molar refractivity (Wildman–Crippen MR) is 94.5 cm³/mol. The fourth-order valence-electron chi connectivity index (χ4n) is 2.75. The number of pyridine rings is 1. The molecule has 0 spiro atoms. The van der Waals surface area contributed by atoms with E-state index in [1.807, 2.05) is 55.5 Å². The summed E-state index contributed by atoms with van der Waals surface area (Å²) >= 11 is 0. The van der Waals surface area contributed by atoms with E-state index >= 15 is 0 Å². The average Bonchev–Trinajstić information content (AvgIpc) is 2.59. The van der Waals surface area contributed by atoms with Crippen molar-refractivity contribution < 1.29 is 15.0 Å². The smallest absolute Gasteiger partial charge is 0.340 e. The van der Waals surface area contributed by atoms with Crippen LogP contribution in [0.2, 0.25) is 0 Å². The van der Waals surface area contributed by atoms with E-state index in [4.69, 9.17) is 5.11 Å². The van der Waals surface area contributed by atoms with Crippen LogP contribution in [-0.2, 0) is 0 Å². The SMILES string of the molecule is Cc1ccc2nc(-c3ccccc3)c(C(=O)O)c(NCCO)c2c1. The van der Waals surface area contributed by atoms with Gasteiger partial charge in [0.25, 0.3) is 0 Å². The third-order valence-electron chi connectivity index (χ3n) is 3.82. The van der Waals surface area contributed by atoms with Gasteiger partial charge < -0.3 is 15.5 Å². The van der Waals surface area contributed by atoms with Crippen LogP contribution in [0.1, 0.15) is 15.9 Å². The van der Waals surface area contributed by atoms with Crippen molar-refractivity contribution in [2.24, 2.45) is 0 Å². The lowest BCUT2D eigenvalue weighted by atomic mass is 9.99. The number of rotatable bonds is 5. The molecule has 0 amide bonds. The summed E-state index contributed by atoms with van der Waals surface area (Å²) in [5, 5.41) is 22.7. The molecule has 0 saturated heterocycles. The largest absolute Gasteiger partial charge is 0.478 e. The molecule has 5 heteroatoms. The second-order valence-corrected chi connectivity index (χ2v) is 5.55. The first-order chi connectivity index (χ1) is 11.6. The van der Waals surface area contributed by atoms with Gasteiger partial charge in [0.15, 0.2) is 0 Å². The lowest BCUT2D eigenvalue weighted by molar-refractivity contribution is 0.0698. The molecular weight excluding hydrogens is 304 g/mol. The highest BCUT2D eigenvalue weighted by Crippen LogP contribution is 2.34. The number of aliphatic hydroxyl groups is 1. The van der Waals surface area contributed by atoms with Gasteiger partial charge in [0, 0.05) is 17.5 Å². The van der Waals surface area contributed by atoms with Crippen molar-refractivity contribution in [1.29, 1.82) is 0 Å². The van der Waals surface area contributed by atoms with Crippen LogP contribution in [0.5, 0.6) is 0 Å². The Balaban J connectivity index is 2.37. The molecule has 3 N–H and O–H groups in total. The van der Waals surface area contributed by atoms with Crippen LogP contribution in [-0.4, -0.2) is 34.3 Å². The third-order valence-corrected chi connectivity index (χ3v) is 3.82. The number of fused-ring (bicyclic) bond motifs is 1. The summed E-state index contributed by atoms with van der Waals surface area (Å²) in [6.07, 6.45) is 0. The highest BCUT2D eigenvalue weighted by Gasteiger charge is 2.21. The molecule has 0 unspecified atom stereocenters. The lowest BCUT2D eigenvalue weighted by Crippen LogP contribution is -2.13. The number of benzene rings is 2. The Morgan fingerprint density at radius 2 is 1.92 bits per heavy atom. The fraction of sp³-hybridized carbons (Fsp3) is 0.158. The van der Waals surface area contributed by atoms with Gasteiger partial charge in [0.1, 0.15) is 5.56 Å². The van der Waals surface area contributed by atoms with Crippen molar-refractivity contribution in [3.63, 3.8) is 0 Å². The Kier molecular flexibility index (Phi) is 4.44. The van der Waals surface area contributed by atoms with Crippen LogP contribution >= 0.6 is 0 Å². The minimum Gasteiger partial charge on any atom is -0.478 e. The summed E-state index contributed by atoms with van der Waals surface area (Å²) in [6.45, 7) is 2.12. The Morgan fingerprint density at radius 3 is 2.58 bits per heavy atom. The lowest BCUT2D eigenvalue weighted by Gasteiger charge is -2.16. The Morgan fingerprint density at radius 1 is 1.17 bits per heavy atom. The van der Waals surface area contributed by atoms with Gasteiger partial charge in [-0.15, -0.1) is 0 Å².